The molecular formula is C22H29N5O. The van der Waals surface area contributed by atoms with E-state index < -0.39 is 0 Å². The van der Waals surface area contributed by atoms with Gasteiger partial charge in [-0.25, -0.2) is 9.98 Å². The number of rotatable bonds is 9. The second-order valence-electron chi connectivity index (χ2n) is 6.50. The fourth-order valence-electron chi connectivity index (χ4n) is 2.98. The van der Waals surface area contributed by atoms with Crippen LogP contribution in [0.3, 0.4) is 0 Å². The molecule has 28 heavy (non-hydrogen) atoms. The van der Waals surface area contributed by atoms with Crippen molar-refractivity contribution in [3.05, 3.63) is 66.0 Å². The third-order valence-corrected chi connectivity index (χ3v) is 4.41. The fraction of sp³-hybridized carbons (Fsp3) is 0.364. The number of aromatic nitrogens is 2. The molecule has 0 bridgehead atoms. The third-order valence-electron chi connectivity index (χ3n) is 4.41. The van der Waals surface area contributed by atoms with Crippen LogP contribution in [0.1, 0.15) is 25.0 Å². The van der Waals surface area contributed by atoms with Gasteiger partial charge in [-0.1, -0.05) is 36.4 Å². The maximum atomic E-state index is 5.36. The van der Waals surface area contributed by atoms with Crippen molar-refractivity contribution in [1.82, 2.24) is 20.2 Å². The van der Waals surface area contributed by atoms with Crippen LogP contribution in [0.4, 0.5) is 0 Å². The van der Waals surface area contributed by atoms with Crippen molar-refractivity contribution in [1.29, 1.82) is 0 Å². The molecule has 2 N–H and O–H groups in total. The molecule has 0 spiro atoms. The molecule has 0 unspecified atom stereocenters. The Bertz CT molecular complexity index is 885. The van der Waals surface area contributed by atoms with Crippen molar-refractivity contribution in [2.45, 2.75) is 26.9 Å². The van der Waals surface area contributed by atoms with Gasteiger partial charge in [-0.05, 0) is 37.1 Å². The number of aliphatic imine (C=N–C) groups is 1. The van der Waals surface area contributed by atoms with Gasteiger partial charge in [0.05, 0.1) is 30.5 Å². The number of nitrogens with one attached hydrogen (secondary N) is 2. The number of imidazole rings is 1. The van der Waals surface area contributed by atoms with E-state index in [0.717, 1.165) is 43.2 Å². The Balaban J connectivity index is 1.58. The van der Waals surface area contributed by atoms with E-state index in [-0.39, 0.29) is 0 Å². The number of hydrogen-bond acceptors (Lipinski definition) is 3. The summed E-state index contributed by atoms with van der Waals surface area (Å²) in [5, 5.41) is 6.55. The quantitative estimate of drug-likeness (QED) is 0.341. The first-order valence-electron chi connectivity index (χ1n) is 9.87. The first kappa shape index (κ1) is 19.9. The highest BCUT2D eigenvalue weighted by Gasteiger charge is 2.03. The van der Waals surface area contributed by atoms with Gasteiger partial charge in [-0.3, -0.25) is 0 Å². The molecule has 1 heterocycles. The van der Waals surface area contributed by atoms with Crippen molar-refractivity contribution in [2.24, 2.45) is 4.99 Å². The number of para-hydroxylation sites is 2. The van der Waals surface area contributed by atoms with E-state index in [9.17, 15) is 0 Å². The van der Waals surface area contributed by atoms with Crippen LogP contribution >= 0.6 is 0 Å². The van der Waals surface area contributed by atoms with Gasteiger partial charge in [0, 0.05) is 26.2 Å². The number of nitrogens with zero attached hydrogens (tertiary/aromatic N) is 3. The zero-order chi connectivity index (χ0) is 19.6. The van der Waals surface area contributed by atoms with Crippen molar-refractivity contribution in [2.75, 3.05) is 26.3 Å². The Labute approximate surface area is 166 Å². The molecule has 0 aliphatic heterocycles. The number of hydrogen-bond donors (Lipinski definition) is 2. The molecule has 6 heteroatoms. The van der Waals surface area contributed by atoms with Gasteiger partial charge in [0.15, 0.2) is 5.96 Å². The van der Waals surface area contributed by atoms with Gasteiger partial charge >= 0.3 is 0 Å². The Hall–Kier alpha value is -2.86. The lowest BCUT2D eigenvalue weighted by Crippen LogP contribution is -2.39. The molecule has 0 saturated heterocycles. The molecule has 148 valence electrons. The van der Waals surface area contributed by atoms with E-state index in [1.54, 1.807) is 0 Å². The second-order valence-corrected chi connectivity index (χ2v) is 6.50. The largest absolute Gasteiger partial charge is 0.380 e. The predicted octanol–water partition coefficient (Wildman–Crippen LogP) is 3.18. The molecule has 0 radical (unpaired) electrons. The summed E-state index contributed by atoms with van der Waals surface area (Å²) in [6.07, 6.45) is 1.90. The fourth-order valence-corrected chi connectivity index (χ4v) is 2.98. The van der Waals surface area contributed by atoms with E-state index in [2.05, 4.69) is 62.4 Å². The van der Waals surface area contributed by atoms with Crippen molar-refractivity contribution in [3.63, 3.8) is 0 Å². The Morgan fingerprint density at radius 3 is 2.61 bits per heavy atom. The van der Waals surface area contributed by atoms with E-state index in [4.69, 9.17) is 4.74 Å². The number of benzene rings is 2. The minimum Gasteiger partial charge on any atom is -0.380 e. The topological polar surface area (TPSA) is 63.5 Å². The summed E-state index contributed by atoms with van der Waals surface area (Å²) in [5.41, 5.74) is 4.62. The van der Waals surface area contributed by atoms with E-state index in [0.29, 0.717) is 13.2 Å². The summed E-state index contributed by atoms with van der Waals surface area (Å²) >= 11 is 0. The smallest absolute Gasteiger partial charge is 0.191 e. The van der Waals surface area contributed by atoms with Gasteiger partial charge in [-0.2, -0.15) is 0 Å². The molecule has 0 saturated carbocycles. The van der Waals surface area contributed by atoms with Gasteiger partial charge in [0.25, 0.3) is 0 Å². The van der Waals surface area contributed by atoms with Gasteiger partial charge in [0.1, 0.15) is 0 Å². The zero-order valence-corrected chi connectivity index (χ0v) is 16.7. The summed E-state index contributed by atoms with van der Waals surface area (Å²) in [5.74, 6) is 0.816. The molecule has 0 aliphatic carbocycles. The lowest BCUT2D eigenvalue weighted by Gasteiger charge is -2.11. The maximum absolute atomic E-state index is 5.36. The monoisotopic (exact) mass is 379 g/mol. The van der Waals surface area contributed by atoms with Crippen LogP contribution in [-0.4, -0.2) is 41.8 Å². The first-order valence-corrected chi connectivity index (χ1v) is 9.87. The Morgan fingerprint density at radius 2 is 1.82 bits per heavy atom. The molecule has 3 rings (SSSR count). The summed E-state index contributed by atoms with van der Waals surface area (Å²) < 4.78 is 7.53. The van der Waals surface area contributed by atoms with Crippen LogP contribution in [0.15, 0.2) is 59.9 Å². The number of guanidine groups is 1. The van der Waals surface area contributed by atoms with Crippen LogP contribution < -0.4 is 10.6 Å². The molecule has 1 aromatic heterocycles. The van der Waals surface area contributed by atoms with Gasteiger partial charge in [-0.15, -0.1) is 0 Å². The molecule has 0 atom stereocenters. The average molecular weight is 380 g/mol. The summed E-state index contributed by atoms with van der Waals surface area (Å²) in [6.45, 7) is 8.50. The third kappa shape index (κ3) is 5.57. The van der Waals surface area contributed by atoms with Crippen molar-refractivity contribution < 1.29 is 4.74 Å². The Kier molecular flexibility index (Phi) is 7.44. The van der Waals surface area contributed by atoms with Crippen LogP contribution in [0, 0.1) is 0 Å². The van der Waals surface area contributed by atoms with Gasteiger partial charge < -0.3 is 19.9 Å². The predicted molar refractivity (Wildman–Crippen MR) is 115 cm³/mol. The van der Waals surface area contributed by atoms with Gasteiger partial charge in [0.2, 0.25) is 0 Å². The molecular weight excluding hydrogens is 350 g/mol. The van der Waals surface area contributed by atoms with Crippen LogP contribution in [0.5, 0.6) is 0 Å². The molecule has 2 aromatic carbocycles. The SMILES string of the molecule is CCNC(=NCc1ccc(Cn2cnc3ccccc32)cc1)NCCOCC. The number of fused-ring (bicyclic) bond motifs is 1. The van der Waals surface area contributed by atoms with E-state index in [1.807, 2.05) is 31.5 Å². The summed E-state index contributed by atoms with van der Waals surface area (Å²) in [6, 6.07) is 16.8. The van der Waals surface area contributed by atoms with Crippen LogP contribution in [0.2, 0.25) is 0 Å². The lowest BCUT2D eigenvalue weighted by molar-refractivity contribution is 0.152. The van der Waals surface area contributed by atoms with Crippen molar-refractivity contribution in [3.8, 4) is 0 Å². The maximum Gasteiger partial charge on any atom is 0.191 e. The molecule has 0 fully saturated rings. The van der Waals surface area contributed by atoms with Crippen LogP contribution in [0.25, 0.3) is 11.0 Å². The number of ether oxygens (including phenoxy) is 1. The highest BCUT2D eigenvalue weighted by atomic mass is 16.5. The minimum absolute atomic E-state index is 0.637. The van der Waals surface area contributed by atoms with Crippen molar-refractivity contribution >= 4 is 17.0 Å². The molecule has 6 nitrogen and oxygen atoms in total. The Morgan fingerprint density at radius 1 is 1.04 bits per heavy atom. The zero-order valence-electron chi connectivity index (χ0n) is 16.7. The molecule has 0 aliphatic rings. The minimum atomic E-state index is 0.637. The normalized spacial score (nSPS) is 11.7. The highest BCUT2D eigenvalue weighted by Crippen LogP contribution is 2.14. The molecule has 0 amide bonds. The lowest BCUT2D eigenvalue weighted by atomic mass is 10.1. The standard InChI is InChI=1S/C22H29N5O/c1-3-23-22(24-13-14-28-4-2)25-15-18-9-11-19(12-10-18)16-27-17-26-20-7-5-6-8-21(20)27/h5-12,17H,3-4,13-16H2,1-2H3,(H2,23,24,25). The summed E-state index contributed by atoms with van der Waals surface area (Å²) in [4.78, 5) is 9.11. The highest BCUT2D eigenvalue weighted by molar-refractivity contribution is 5.79. The first-order chi connectivity index (χ1) is 13.8. The van der Waals surface area contributed by atoms with E-state index in [1.165, 1.54) is 11.1 Å². The average Bonchev–Trinajstić information content (AvgIpc) is 3.13. The summed E-state index contributed by atoms with van der Waals surface area (Å²) in [7, 11) is 0. The van der Waals surface area contributed by atoms with Crippen LogP contribution in [-0.2, 0) is 17.8 Å². The van der Waals surface area contributed by atoms with E-state index >= 15 is 0 Å². The second kappa shape index (κ2) is 10.5. The molecule has 3 aromatic rings.